The number of methoxy groups -OCH3 is 1. The van der Waals surface area contributed by atoms with Crippen LogP contribution < -0.4 is 4.74 Å². The predicted molar refractivity (Wildman–Crippen MR) is 403 cm³/mol. The third kappa shape index (κ3) is 16.6. The third-order valence-electron chi connectivity index (χ3n) is 29.6. The molecule has 0 amide bonds. The highest BCUT2D eigenvalue weighted by Gasteiger charge is 2.74. The summed E-state index contributed by atoms with van der Waals surface area (Å²) < 4.78 is 92.9. The lowest BCUT2D eigenvalue weighted by molar-refractivity contribution is -0.368. The fourth-order valence-corrected chi connectivity index (χ4v) is 22.3. The van der Waals surface area contributed by atoms with Gasteiger partial charge in [-0.15, -0.1) is 0 Å². The average Bonchev–Trinajstić information content (AvgIpc) is 0.719. The topological polar surface area (TPSA) is 594 Å². The summed E-state index contributed by atoms with van der Waals surface area (Å²) in [5.41, 5.74) is -7.73. The number of aliphatic hydroxyl groups excluding tert-OH is 18. The summed E-state index contributed by atoms with van der Waals surface area (Å²) >= 11 is 0. The van der Waals surface area contributed by atoms with Crippen LogP contribution in [0.3, 0.4) is 0 Å². The van der Waals surface area contributed by atoms with Gasteiger partial charge in [-0.1, -0.05) is 58.4 Å². The Morgan fingerprint density at radius 3 is 1.74 bits per heavy atom. The van der Waals surface area contributed by atoms with Crippen LogP contribution in [-0.4, -0.2) is 375 Å². The number of benzene rings is 1. The van der Waals surface area contributed by atoms with Crippen LogP contribution >= 0.6 is 0 Å². The van der Waals surface area contributed by atoms with Crippen molar-refractivity contribution in [1.82, 2.24) is 0 Å². The van der Waals surface area contributed by atoms with Crippen LogP contribution in [0.5, 0.6) is 5.75 Å². The van der Waals surface area contributed by atoms with Gasteiger partial charge >= 0.3 is 17.9 Å². The molecule has 42 atom stereocenters. The van der Waals surface area contributed by atoms with Crippen LogP contribution in [0.15, 0.2) is 42.0 Å². The number of carboxylic acids is 1. The van der Waals surface area contributed by atoms with Gasteiger partial charge in [0, 0.05) is 11.5 Å². The van der Waals surface area contributed by atoms with Gasteiger partial charge in [-0.3, -0.25) is 9.59 Å². The first-order valence-electron chi connectivity index (χ1n) is 41.7. The monoisotopic (exact) mass is 1720 g/mol. The van der Waals surface area contributed by atoms with Crippen molar-refractivity contribution >= 4 is 24.0 Å². The van der Waals surface area contributed by atoms with Crippen molar-refractivity contribution < 1.29 is 188 Å². The van der Waals surface area contributed by atoms with E-state index in [0.717, 1.165) is 11.6 Å². The molecule has 680 valence electrons. The molecule has 0 bridgehead atoms. The number of rotatable bonds is 24. The van der Waals surface area contributed by atoms with Gasteiger partial charge in [-0.05, 0) is 149 Å². The first-order chi connectivity index (χ1) is 56.6. The fourth-order valence-electron chi connectivity index (χ4n) is 22.3. The van der Waals surface area contributed by atoms with E-state index in [0.29, 0.717) is 30.6 Å². The van der Waals surface area contributed by atoms with Gasteiger partial charge in [0.05, 0.1) is 82.5 Å². The average molecular weight is 1720 g/mol. The number of carbonyl (C=O) groups excluding carboxylic acids is 2. The maximum Gasteiger partial charge on any atom is 0.331 e. The van der Waals surface area contributed by atoms with Crippen molar-refractivity contribution in [3.8, 4) is 5.75 Å². The molecular weight excluding hydrogens is 1590 g/mol. The van der Waals surface area contributed by atoms with E-state index in [4.69, 9.17) is 71.1 Å². The van der Waals surface area contributed by atoms with E-state index >= 15 is 4.79 Å². The Bertz CT molecular complexity index is 3740. The summed E-state index contributed by atoms with van der Waals surface area (Å²) in [6.45, 7) is 9.21. The third-order valence-corrected chi connectivity index (χ3v) is 29.6. The highest BCUT2D eigenvalue weighted by Crippen LogP contribution is 2.76. The highest BCUT2D eigenvalue weighted by molar-refractivity contribution is 5.87. The number of aliphatic carboxylic acids is 1. The van der Waals surface area contributed by atoms with Crippen molar-refractivity contribution in [3.63, 3.8) is 0 Å². The van der Waals surface area contributed by atoms with E-state index in [-0.39, 0.29) is 44.9 Å². The standard InChI is InChI=1S/C82H124O38/c1-34-24-42(115-75(104)80-21-20-76(4,5)25-40(80)39-15-16-47-77(6)26-41(87)68(120-71-60(99)57(96)52(91)44(28-84)113-71)79(8,74(102)103)48(77)18-19-78(47,7)81(39,31-85)23-22-80)64(66(119-69-58(97)55(94)50(89)35(2)110-69)62(34)116-49(88)17-12-37-10-13-38(106-9)14-11-37)117-72-61(100)65(118-73-67(101)82(105,32-86)33-109-73)63(36(3)111-72)108-29-45-53(92)54(93)46(30-107-45)114-70-59(98)56(95)51(90)43(27-83)112-70/h10-15,17,34-36,40-48,50-73,83-87,89-101,105H,16,18-33H2,1-9H3,(H,102,103)/b17-12+/t34-,35-,36-,40+,41-,42+,43+,44+,45-,46+,47+,48-,50-,51-,52+,53-,54-,55+,56-,57-,58+,59+,60+,61+,62-,63-,64-,65-,66-,67-,68+,69-,70-,71-,72-,73-,77-,78+,79-,80-,81-,82+/m0/s1. The molecule has 0 spiro atoms. The molecule has 5 saturated carbocycles. The molecule has 0 unspecified atom stereocenters. The Hall–Kier alpha value is -4.33. The molecule has 13 rings (SSSR count). The normalized spacial score (nSPS) is 50.2. The van der Waals surface area contributed by atoms with Crippen molar-refractivity contribution in [2.75, 3.05) is 53.4 Å². The molecule has 0 radical (unpaired) electrons. The number of hydrogen-bond acceptors (Lipinski definition) is 37. The molecule has 1 aromatic carbocycles. The molecule has 38 nitrogen and oxygen atoms in total. The van der Waals surface area contributed by atoms with Crippen LogP contribution in [0.2, 0.25) is 0 Å². The zero-order chi connectivity index (χ0) is 87.3. The van der Waals surface area contributed by atoms with E-state index in [2.05, 4.69) is 26.8 Å². The van der Waals surface area contributed by atoms with Gasteiger partial charge in [0.1, 0.15) is 158 Å². The van der Waals surface area contributed by atoms with Gasteiger partial charge in [-0.25, -0.2) is 4.79 Å². The van der Waals surface area contributed by atoms with Crippen molar-refractivity contribution in [2.45, 2.75) is 321 Å². The minimum Gasteiger partial charge on any atom is -0.497 e. The molecule has 1 aromatic rings. The molecule has 0 aromatic heterocycles. The first kappa shape index (κ1) is 93.3. The number of allylic oxidation sites excluding steroid dienone is 1. The number of aliphatic hydroxyl groups is 19. The summed E-state index contributed by atoms with van der Waals surface area (Å²) in [7, 11) is 1.48. The van der Waals surface area contributed by atoms with Crippen LogP contribution in [0, 0.1) is 56.2 Å². The molecule has 11 fully saturated rings. The largest absolute Gasteiger partial charge is 0.497 e. The Balaban J connectivity index is 0.839. The quantitative estimate of drug-likeness (QED) is 0.0202. The lowest BCUT2D eigenvalue weighted by Crippen LogP contribution is -2.71. The summed E-state index contributed by atoms with van der Waals surface area (Å²) in [5, 5.41) is 224. The number of fused-ring (bicyclic) bond motifs is 7. The summed E-state index contributed by atoms with van der Waals surface area (Å²) in [6, 6.07) is 6.68. The second-order valence-electron chi connectivity index (χ2n) is 37.1. The van der Waals surface area contributed by atoms with Crippen LogP contribution in [0.1, 0.15) is 125 Å². The van der Waals surface area contributed by atoms with Crippen LogP contribution in [0.25, 0.3) is 6.08 Å². The zero-order valence-corrected chi connectivity index (χ0v) is 68.6. The van der Waals surface area contributed by atoms with E-state index in [1.54, 1.807) is 31.2 Å². The van der Waals surface area contributed by atoms with Crippen molar-refractivity contribution in [1.29, 1.82) is 0 Å². The Labute approximate surface area is 693 Å². The second kappa shape index (κ2) is 36.1. The molecule has 6 heterocycles. The highest BCUT2D eigenvalue weighted by atomic mass is 16.8. The Kier molecular flexibility index (Phi) is 28.0. The van der Waals surface area contributed by atoms with E-state index in [1.807, 2.05) is 6.92 Å². The minimum absolute atomic E-state index is 0.0360. The lowest BCUT2D eigenvalue weighted by Gasteiger charge is -2.71. The maximum atomic E-state index is 16.7. The van der Waals surface area contributed by atoms with Crippen LogP contribution in [0.4, 0.5) is 0 Å². The maximum absolute atomic E-state index is 16.7. The molecule has 6 aliphatic heterocycles. The number of esters is 2. The zero-order valence-electron chi connectivity index (χ0n) is 68.6. The first-order valence-corrected chi connectivity index (χ1v) is 41.7. The fraction of sp³-hybridized carbons (Fsp3) is 0.841. The number of hydrogen-bond donors (Lipinski definition) is 20. The summed E-state index contributed by atoms with van der Waals surface area (Å²) in [4.78, 5) is 45.3. The summed E-state index contributed by atoms with van der Waals surface area (Å²) in [5.74, 6) is -5.26. The van der Waals surface area contributed by atoms with Crippen LogP contribution in [-0.2, 0) is 80.7 Å². The van der Waals surface area contributed by atoms with Gasteiger partial charge in [-0.2, -0.15) is 0 Å². The van der Waals surface area contributed by atoms with Crippen molar-refractivity contribution in [3.05, 3.63) is 47.6 Å². The van der Waals surface area contributed by atoms with Gasteiger partial charge in [0.25, 0.3) is 0 Å². The number of ether oxygens (including phenoxy) is 15. The second-order valence-corrected chi connectivity index (χ2v) is 37.1. The Morgan fingerprint density at radius 2 is 1.13 bits per heavy atom. The molecule has 6 aliphatic carbocycles. The van der Waals surface area contributed by atoms with Crippen molar-refractivity contribution in [2.24, 2.45) is 56.2 Å². The Morgan fingerprint density at radius 1 is 0.550 bits per heavy atom. The molecule has 38 heteroatoms. The molecule has 120 heavy (non-hydrogen) atoms. The number of carboxylic acid groups (broad SMARTS) is 1. The molecule has 12 aliphatic rings. The molecule has 6 saturated heterocycles. The smallest absolute Gasteiger partial charge is 0.331 e. The van der Waals surface area contributed by atoms with Gasteiger partial charge in [0.2, 0.25) is 0 Å². The summed E-state index contributed by atoms with van der Waals surface area (Å²) in [6.07, 6.45) is -48.7. The SMILES string of the molecule is COc1ccc(/C=C/C(=O)O[C@@H]2[C@H](O[C@@H]3O[C@@H](C)[C@H](O)[C@@H](O)[C@H]3O)[C@@H](O[C@@H]3O[C@@H](C)[C@H](OC[C@@H]4OC[C@@H](O[C@@H]5O[C@H](CO)[C@H](O)[C@H](O)[C@H]5O)[C@H](O)[C@H]4O)[C@@H](O[C@@H]4OC[C@](O)(CO)[C@H]4O)[C@H]3O)[C@H](OC(=O)[C@]34CCC(C)(C)C[C@@H]3C3=CC[C@@H]5[C@]6(C)C[C@H](O)[C@@H](O[C@@H]7O[C@H](CO)[C@@H](O)[C@H](O)[C@H]7O)[C@@](C)(C(=O)O)[C@H]6CC[C@@]5(C)[C@]3(CO)CC4)C[C@@H]2C)cc1. The van der Waals surface area contributed by atoms with E-state index in [1.165, 1.54) is 34.0 Å². The predicted octanol–water partition coefficient (Wildman–Crippen LogP) is -4.21. The van der Waals surface area contributed by atoms with E-state index in [9.17, 15) is 112 Å². The molecule has 20 N–H and O–H groups in total. The van der Waals surface area contributed by atoms with Gasteiger partial charge < -0.3 is 173 Å². The van der Waals surface area contributed by atoms with Gasteiger partial charge in [0.15, 0.2) is 31.5 Å². The lowest BCUT2D eigenvalue weighted by atomic mass is 9.33. The molecular formula is C82H124O38. The number of carbonyl (C=O) groups is 3. The minimum atomic E-state index is -2.32. The van der Waals surface area contributed by atoms with E-state index < -0.39 is 322 Å².